The fraction of sp³-hybridized carbons (Fsp3) is 0.375. The third kappa shape index (κ3) is 4.06. The molecule has 1 fully saturated rings. The zero-order valence-electron chi connectivity index (χ0n) is 17.6. The molecule has 4 rings (SSSR count). The molecule has 6 nitrogen and oxygen atoms in total. The van der Waals surface area contributed by atoms with Crippen molar-refractivity contribution in [2.24, 2.45) is 0 Å². The number of phenolic OH excluding ortho intramolecular Hbond substituents is 1. The van der Waals surface area contributed by atoms with Crippen molar-refractivity contribution in [2.75, 3.05) is 44.3 Å². The Balaban J connectivity index is 1.58. The zero-order valence-corrected chi connectivity index (χ0v) is 17.6. The van der Waals surface area contributed by atoms with Crippen molar-refractivity contribution in [2.45, 2.75) is 20.4 Å². The standard InChI is InChI=1S/C24H28N2O4/c1-3-26(4-2)18-7-5-17(6-8-18)15-22-23(28)19-9-10-21(27)20(24(19)30-22)16-25-11-13-29-14-12-25/h5-10,15,27H,3-4,11-14,16H2,1-2H3/b22-15-. The molecule has 0 aliphatic carbocycles. The van der Waals surface area contributed by atoms with Gasteiger partial charge in [-0.2, -0.15) is 0 Å². The Bertz CT molecular complexity index is 942. The molecular formula is C24H28N2O4. The second-order valence-electron chi connectivity index (χ2n) is 7.53. The summed E-state index contributed by atoms with van der Waals surface area (Å²) in [4.78, 5) is 17.4. The van der Waals surface area contributed by atoms with Crippen molar-refractivity contribution in [3.8, 4) is 11.5 Å². The molecule has 2 aliphatic rings. The van der Waals surface area contributed by atoms with Crippen LogP contribution in [0.3, 0.4) is 0 Å². The molecule has 2 aromatic carbocycles. The number of hydrogen-bond donors (Lipinski definition) is 1. The van der Waals surface area contributed by atoms with E-state index in [1.54, 1.807) is 18.2 Å². The number of fused-ring (bicyclic) bond motifs is 1. The van der Waals surface area contributed by atoms with Gasteiger partial charge in [-0.05, 0) is 49.8 Å². The van der Waals surface area contributed by atoms with E-state index >= 15 is 0 Å². The lowest BCUT2D eigenvalue weighted by molar-refractivity contribution is 0.0336. The lowest BCUT2D eigenvalue weighted by Gasteiger charge is -2.27. The van der Waals surface area contributed by atoms with E-state index in [1.807, 2.05) is 12.1 Å². The van der Waals surface area contributed by atoms with Gasteiger partial charge >= 0.3 is 0 Å². The first-order chi connectivity index (χ1) is 14.6. The topological polar surface area (TPSA) is 62.2 Å². The lowest BCUT2D eigenvalue weighted by Crippen LogP contribution is -2.35. The highest BCUT2D eigenvalue weighted by molar-refractivity contribution is 6.15. The molecule has 2 heterocycles. The maximum Gasteiger partial charge on any atom is 0.231 e. The number of benzene rings is 2. The summed E-state index contributed by atoms with van der Waals surface area (Å²) in [6.07, 6.45) is 1.77. The fourth-order valence-corrected chi connectivity index (χ4v) is 3.95. The third-order valence-electron chi connectivity index (χ3n) is 5.72. The van der Waals surface area contributed by atoms with Gasteiger partial charge in [0.1, 0.15) is 11.5 Å². The highest BCUT2D eigenvalue weighted by Crippen LogP contribution is 2.40. The summed E-state index contributed by atoms with van der Waals surface area (Å²) in [5.41, 5.74) is 3.22. The number of carbonyl (C=O) groups excluding carboxylic acids is 1. The summed E-state index contributed by atoms with van der Waals surface area (Å²) < 4.78 is 11.4. The van der Waals surface area contributed by atoms with Gasteiger partial charge in [0.25, 0.3) is 0 Å². The van der Waals surface area contributed by atoms with E-state index in [0.29, 0.717) is 36.6 Å². The number of hydrogen-bond acceptors (Lipinski definition) is 6. The predicted molar refractivity (Wildman–Crippen MR) is 117 cm³/mol. The van der Waals surface area contributed by atoms with E-state index in [4.69, 9.17) is 9.47 Å². The minimum absolute atomic E-state index is 0.151. The molecule has 158 valence electrons. The van der Waals surface area contributed by atoms with Gasteiger partial charge in [-0.1, -0.05) is 12.1 Å². The van der Waals surface area contributed by atoms with Crippen molar-refractivity contribution in [3.05, 3.63) is 58.8 Å². The zero-order chi connectivity index (χ0) is 21.1. The number of ketones is 1. The van der Waals surface area contributed by atoms with E-state index in [0.717, 1.165) is 37.4 Å². The van der Waals surface area contributed by atoms with Crippen molar-refractivity contribution >= 4 is 17.5 Å². The average molecular weight is 408 g/mol. The SMILES string of the molecule is CCN(CC)c1ccc(/C=C2\Oc3c(ccc(O)c3CN3CCOCC3)C2=O)cc1. The predicted octanol–water partition coefficient (Wildman–Crippen LogP) is 3.69. The maximum absolute atomic E-state index is 12.9. The number of Topliss-reactive ketones (excluding diaryl/α,β-unsaturated/α-hetero) is 1. The summed E-state index contributed by atoms with van der Waals surface area (Å²) in [5.74, 6) is 0.755. The average Bonchev–Trinajstić information content (AvgIpc) is 3.08. The number of morpholine rings is 1. The molecule has 0 spiro atoms. The molecule has 0 amide bonds. The highest BCUT2D eigenvalue weighted by atomic mass is 16.5. The van der Waals surface area contributed by atoms with E-state index in [9.17, 15) is 9.90 Å². The molecule has 0 saturated carbocycles. The Morgan fingerprint density at radius 3 is 2.43 bits per heavy atom. The number of nitrogens with zero attached hydrogens (tertiary/aromatic N) is 2. The largest absolute Gasteiger partial charge is 0.507 e. The highest BCUT2D eigenvalue weighted by Gasteiger charge is 2.31. The van der Waals surface area contributed by atoms with Gasteiger partial charge in [-0.3, -0.25) is 9.69 Å². The second-order valence-corrected chi connectivity index (χ2v) is 7.53. The summed E-state index contributed by atoms with van der Waals surface area (Å²) in [6, 6.07) is 11.3. The van der Waals surface area contributed by atoms with Crippen LogP contribution in [0.25, 0.3) is 6.08 Å². The van der Waals surface area contributed by atoms with Crippen LogP contribution in [0.2, 0.25) is 0 Å². The molecule has 2 aromatic rings. The van der Waals surface area contributed by atoms with Crippen LogP contribution in [0.15, 0.2) is 42.2 Å². The van der Waals surface area contributed by atoms with Crippen molar-refractivity contribution in [3.63, 3.8) is 0 Å². The van der Waals surface area contributed by atoms with Crippen molar-refractivity contribution < 1.29 is 19.4 Å². The number of carbonyl (C=O) groups is 1. The van der Waals surface area contributed by atoms with Crippen molar-refractivity contribution in [1.29, 1.82) is 0 Å². The van der Waals surface area contributed by atoms with Crippen LogP contribution in [-0.4, -0.2) is 55.2 Å². The summed E-state index contributed by atoms with van der Waals surface area (Å²) in [6.45, 7) is 9.60. The number of anilines is 1. The van der Waals surface area contributed by atoms with Gasteiger partial charge in [-0.15, -0.1) is 0 Å². The van der Waals surface area contributed by atoms with E-state index in [-0.39, 0.29) is 17.3 Å². The first-order valence-electron chi connectivity index (χ1n) is 10.5. The number of ether oxygens (including phenoxy) is 2. The summed E-state index contributed by atoms with van der Waals surface area (Å²) >= 11 is 0. The van der Waals surface area contributed by atoms with Crippen LogP contribution in [0, 0.1) is 0 Å². The Morgan fingerprint density at radius 1 is 1.07 bits per heavy atom. The van der Waals surface area contributed by atoms with Crippen LogP contribution in [0.5, 0.6) is 11.5 Å². The quantitative estimate of drug-likeness (QED) is 0.736. The number of allylic oxidation sites excluding steroid dienone is 1. The van der Waals surface area contributed by atoms with Gasteiger partial charge < -0.3 is 19.5 Å². The molecule has 30 heavy (non-hydrogen) atoms. The van der Waals surface area contributed by atoms with Gasteiger partial charge in [-0.25, -0.2) is 0 Å². The van der Waals surface area contributed by atoms with Crippen LogP contribution in [0.1, 0.15) is 35.3 Å². The Morgan fingerprint density at radius 2 is 1.77 bits per heavy atom. The Hall–Kier alpha value is -2.83. The van der Waals surface area contributed by atoms with Gasteiger partial charge in [0, 0.05) is 38.4 Å². The van der Waals surface area contributed by atoms with Crippen molar-refractivity contribution in [1.82, 2.24) is 4.90 Å². The fourth-order valence-electron chi connectivity index (χ4n) is 3.95. The number of aromatic hydroxyl groups is 1. The lowest BCUT2D eigenvalue weighted by atomic mass is 10.0. The molecule has 6 heteroatoms. The van der Waals surface area contributed by atoms with Crippen LogP contribution in [-0.2, 0) is 11.3 Å². The Labute approximate surface area is 177 Å². The molecule has 0 unspecified atom stereocenters. The van der Waals surface area contributed by atoms with Crippen LogP contribution in [0.4, 0.5) is 5.69 Å². The van der Waals surface area contributed by atoms with Crippen LogP contribution >= 0.6 is 0 Å². The number of rotatable bonds is 6. The minimum Gasteiger partial charge on any atom is -0.507 e. The first-order valence-corrected chi connectivity index (χ1v) is 10.5. The molecule has 0 bridgehead atoms. The van der Waals surface area contributed by atoms with E-state index in [1.165, 1.54) is 0 Å². The molecule has 1 N–H and O–H groups in total. The normalized spacial score (nSPS) is 17.8. The van der Waals surface area contributed by atoms with E-state index in [2.05, 4.69) is 35.8 Å². The molecule has 0 atom stereocenters. The molecule has 0 aromatic heterocycles. The van der Waals surface area contributed by atoms with Crippen LogP contribution < -0.4 is 9.64 Å². The Kier molecular flexibility index (Phi) is 6.06. The minimum atomic E-state index is -0.152. The molecule has 2 aliphatic heterocycles. The molecular weight excluding hydrogens is 380 g/mol. The van der Waals surface area contributed by atoms with Gasteiger partial charge in [0.05, 0.1) is 24.3 Å². The third-order valence-corrected chi connectivity index (χ3v) is 5.72. The van der Waals surface area contributed by atoms with Gasteiger partial charge in [0.2, 0.25) is 5.78 Å². The summed E-state index contributed by atoms with van der Waals surface area (Å²) in [5, 5.41) is 10.4. The smallest absolute Gasteiger partial charge is 0.231 e. The summed E-state index contributed by atoms with van der Waals surface area (Å²) in [7, 11) is 0. The number of phenols is 1. The van der Waals surface area contributed by atoms with E-state index < -0.39 is 0 Å². The first kappa shape index (κ1) is 20.4. The molecule has 0 radical (unpaired) electrons. The maximum atomic E-state index is 12.9. The van der Waals surface area contributed by atoms with Gasteiger partial charge in [0.15, 0.2) is 5.76 Å². The monoisotopic (exact) mass is 408 g/mol. The second kappa shape index (κ2) is 8.90. The molecule has 1 saturated heterocycles.